The molecule has 0 N–H and O–H groups in total. The number of hydrogen-bond donors (Lipinski definition) is 0. The summed E-state index contributed by atoms with van der Waals surface area (Å²) in [5, 5.41) is 0. The van der Waals surface area contributed by atoms with Gasteiger partial charge in [0.15, 0.2) is 11.6 Å². The van der Waals surface area contributed by atoms with E-state index in [1.165, 1.54) is 11.6 Å². The molecule has 0 bridgehead atoms. The number of halogens is 2. The lowest BCUT2D eigenvalue weighted by molar-refractivity contribution is 0.477. The third kappa shape index (κ3) is 2.65. The van der Waals surface area contributed by atoms with E-state index >= 15 is 0 Å². The second-order valence-electron chi connectivity index (χ2n) is 6.00. The van der Waals surface area contributed by atoms with E-state index in [0.717, 1.165) is 18.7 Å². The maximum atomic E-state index is 14.0. The van der Waals surface area contributed by atoms with Crippen molar-refractivity contribution in [3.63, 3.8) is 0 Å². The zero-order chi connectivity index (χ0) is 15.0. The molecule has 1 heterocycles. The molecular formula is C18H19F2N. The van der Waals surface area contributed by atoms with Crippen LogP contribution in [0.25, 0.3) is 0 Å². The smallest absolute Gasteiger partial charge is 0.182 e. The molecule has 110 valence electrons. The lowest BCUT2D eigenvalue weighted by Gasteiger charge is -2.41. The van der Waals surface area contributed by atoms with Gasteiger partial charge in [0.05, 0.1) is 5.69 Å². The van der Waals surface area contributed by atoms with Crippen LogP contribution >= 0.6 is 0 Å². The van der Waals surface area contributed by atoms with Crippen LogP contribution in [-0.2, 0) is 0 Å². The highest BCUT2D eigenvalue weighted by Gasteiger charge is 2.31. The summed E-state index contributed by atoms with van der Waals surface area (Å²) < 4.78 is 27.8. The first-order chi connectivity index (χ1) is 10.1. The summed E-state index contributed by atoms with van der Waals surface area (Å²) >= 11 is 0. The maximum Gasteiger partial charge on any atom is 0.182 e. The molecule has 0 radical (unpaired) electrons. The van der Waals surface area contributed by atoms with Crippen LogP contribution in [0.15, 0.2) is 42.5 Å². The Morgan fingerprint density at radius 3 is 2.33 bits per heavy atom. The Morgan fingerprint density at radius 2 is 1.71 bits per heavy atom. The van der Waals surface area contributed by atoms with Crippen LogP contribution in [0.5, 0.6) is 0 Å². The van der Waals surface area contributed by atoms with Crippen LogP contribution in [0.1, 0.15) is 36.8 Å². The van der Waals surface area contributed by atoms with Crippen molar-refractivity contribution < 1.29 is 8.78 Å². The number of nitrogens with zero attached hydrogens (tertiary/aromatic N) is 1. The molecule has 1 saturated heterocycles. The standard InChI is InChI=1S/C18H19F2N/c1-12(2)14-8-16(19)18(20)17(9-14)21-10-15(11-21)13-6-4-3-5-7-13/h3-9,12,15H,10-11H2,1-2H3. The Balaban J connectivity index is 1.80. The van der Waals surface area contributed by atoms with Crippen molar-refractivity contribution in [2.75, 3.05) is 18.0 Å². The molecule has 1 nitrogen and oxygen atoms in total. The zero-order valence-corrected chi connectivity index (χ0v) is 12.3. The SMILES string of the molecule is CC(C)c1cc(F)c(F)c(N2CC(c3ccccc3)C2)c1. The van der Waals surface area contributed by atoms with E-state index in [-0.39, 0.29) is 5.92 Å². The number of benzene rings is 2. The Bertz CT molecular complexity index is 631. The molecule has 0 saturated carbocycles. The minimum absolute atomic E-state index is 0.185. The largest absolute Gasteiger partial charge is 0.368 e. The van der Waals surface area contributed by atoms with E-state index in [1.54, 1.807) is 6.07 Å². The molecule has 2 aromatic rings. The molecule has 0 atom stereocenters. The quantitative estimate of drug-likeness (QED) is 0.791. The van der Waals surface area contributed by atoms with Crippen LogP contribution in [-0.4, -0.2) is 13.1 Å². The highest BCUT2D eigenvalue weighted by atomic mass is 19.2. The fourth-order valence-corrected chi connectivity index (χ4v) is 2.77. The second kappa shape index (κ2) is 5.47. The molecule has 0 aromatic heterocycles. The van der Waals surface area contributed by atoms with Crippen molar-refractivity contribution in [1.29, 1.82) is 0 Å². The van der Waals surface area contributed by atoms with Crippen molar-refractivity contribution in [2.45, 2.75) is 25.7 Å². The average molecular weight is 287 g/mol. The zero-order valence-electron chi connectivity index (χ0n) is 12.3. The first-order valence-electron chi connectivity index (χ1n) is 7.35. The third-order valence-electron chi connectivity index (χ3n) is 4.19. The molecular weight excluding hydrogens is 268 g/mol. The van der Waals surface area contributed by atoms with Gasteiger partial charge in [-0.25, -0.2) is 8.78 Å². The normalized spacial score (nSPS) is 15.4. The Kier molecular flexibility index (Phi) is 3.66. The first-order valence-corrected chi connectivity index (χ1v) is 7.35. The third-order valence-corrected chi connectivity index (χ3v) is 4.19. The van der Waals surface area contributed by atoms with E-state index in [1.807, 2.05) is 36.9 Å². The van der Waals surface area contributed by atoms with Gasteiger partial charge >= 0.3 is 0 Å². The van der Waals surface area contributed by atoms with E-state index in [0.29, 0.717) is 11.6 Å². The highest BCUT2D eigenvalue weighted by Crippen LogP contribution is 2.35. The molecule has 2 aromatic carbocycles. The second-order valence-corrected chi connectivity index (χ2v) is 6.00. The van der Waals surface area contributed by atoms with Crippen molar-refractivity contribution in [3.05, 3.63) is 65.2 Å². The molecule has 21 heavy (non-hydrogen) atoms. The van der Waals surface area contributed by atoms with Gasteiger partial charge in [0.25, 0.3) is 0 Å². The molecule has 3 heteroatoms. The Morgan fingerprint density at radius 1 is 1.05 bits per heavy atom. The van der Waals surface area contributed by atoms with Gasteiger partial charge in [-0.15, -0.1) is 0 Å². The van der Waals surface area contributed by atoms with Crippen LogP contribution in [0.3, 0.4) is 0 Å². The van der Waals surface area contributed by atoms with Crippen molar-refractivity contribution >= 4 is 5.69 Å². The predicted octanol–water partition coefficient (Wildman–Crippen LogP) is 4.69. The summed E-state index contributed by atoms with van der Waals surface area (Å²) in [7, 11) is 0. The lowest BCUT2D eigenvalue weighted by Crippen LogP contribution is -2.45. The summed E-state index contributed by atoms with van der Waals surface area (Å²) in [4.78, 5) is 1.92. The number of anilines is 1. The maximum absolute atomic E-state index is 14.0. The Labute approximate surface area is 124 Å². The summed E-state index contributed by atoms with van der Waals surface area (Å²) in [5.41, 5.74) is 2.49. The molecule has 1 aliphatic rings. The van der Waals surface area contributed by atoms with Crippen molar-refractivity contribution in [1.82, 2.24) is 0 Å². The van der Waals surface area contributed by atoms with Gasteiger partial charge in [0, 0.05) is 19.0 Å². The minimum atomic E-state index is -0.751. The molecule has 0 unspecified atom stereocenters. The summed E-state index contributed by atoms with van der Waals surface area (Å²) in [6.07, 6.45) is 0. The number of rotatable bonds is 3. The van der Waals surface area contributed by atoms with Gasteiger partial charge in [-0.05, 0) is 29.2 Å². The topological polar surface area (TPSA) is 3.24 Å². The van der Waals surface area contributed by atoms with Gasteiger partial charge in [-0.2, -0.15) is 0 Å². The lowest BCUT2D eigenvalue weighted by atomic mass is 9.90. The number of hydrogen-bond acceptors (Lipinski definition) is 1. The summed E-state index contributed by atoms with van der Waals surface area (Å²) in [6.45, 7) is 5.45. The van der Waals surface area contributed by atoms with Gasteiger partial charge in [-0.1, -0.05) is 44.2 Å². The predicted molar refractivity (Wildman–Crippen MR) is 81.8 cm³/mol. The van der Waals surface area contributed by atoms with Crippen LogP contribution in [0.2, 0.25) is 0 Å². The van der Waals surface area contributed by atoms with Crippen LogP contribution in [0.4, 0.5) is 14.5 Å². The first kappa shape index (κ1) is 14.1. The Hall–Kier alpha value is -1.90. The average Bonchev–Trinajstić information content (AvgIpc) is 2.42. The molecule has 1 aliphatic heterocycles. The molecule has 0 aliphatic carbocycles. The van der Waals surface area contributed by atoms with E-state index in [2.05, 4.69) is 12.1 Å². The summed E-state index contributed by atoms with van der Waals surface area (Å²) in [6, 6.07) is 13.3. The van der Waals surface area contributed by atoms with Crippen LogP contribution in [0, 0.1) is 11.6 Å². The fourth-order valence-electron chi connectivity index (χ4n) is 2.77. The van der Waals surface area contributed by atoms with Gasteiger partial charge in [-0.3, -0.25) is 0 Å². The molecule has 3 rings (SSSR count). The fraction of sp³-hybridized carbons (Fsp3) is 0.333. The van der Waals surface area contributed by atoms with Crippen molar-refractivity contribution in [2.24, 2.45) is 0 Å². The van der Waals surface area contributed by atoms with E-state index in [4.69, 9.17) is 0 Å². The van der Waals surface area contributed by atoms with E-state index < -0.39 is 11.6 Å². The minimum Gasteiger partial charge on any atom is -0.368 e. The van der Waals surface area contributed by atoms with Gasteiger partial charge in [0.1, 0.15) is 0 Å². The molecule has 1 fully saturated rings. The van der Waals surface area contributed by atoms with Gasteiger partial charge in [0.2, 0.25) is 0 Å². The molecule has 0 spiro atoms. The highest BCUT2D eigenvalue weighted by molar-refractivity contribution is 5.54. The summed E-state index contributed by atoms with van der Waals surface area (Å²) in [5.74, 6) is -0.897. The van der Waals surface area contributed by atoms with Crippen molar-refractivity contribution in [3.8, 4) is 0 Å². The van der Waals surface area contributed by atoms with Gasteiger partial charge < -0.3 is 4.90 Å². The molecule has 0 amide bonds. The monoisotopic (exact) mass is 287 g/mol. The van der Waals surface area contributed by atoms with Crippen LogP contribution < -0.4 is 4.90 Å². The van der Waals surface area contributed by atoms with E-state index in [9.17, 15) is 8.78 Å².